The first-order valence-electron chi connectivity index (χ1n) is 6.35. The number of rotatable bonds is 4. The van der Waals surface area contributed by atoms with Crippen molar-refractivity contribution >= 4 is 17.7 Å². The number of hydrogen-bond acceptors (Lipinski definition) is 4. The second kappa shape index (κ2) is 6.41. The minimum absolute atomic E-state index is 0.146. The molecule has 2 rings (SSSR count). The van der Waals surface area contributed by atoms with Gasteiger partial charge >= 0.3 is 0 Å². The number of amides is 1. The zero-order chi connectivity index (χ0) is 13.7. The predicted molar refractivity (Wildman–Crippen MR) is 75.6 cm³/mol. The second-order valence-corrected chi connectivity index (χ2v) is 5.63. The Kier molecular flexibility index (Phi) is 4.85. The average molecular weight is 281 g/mol. The van der Waals surface area contributed by atoms with E-state index < -0.39 is 5.60 Å². The molecule has 4 nitrogen and oxygen atoms in total. The van der Waals surface area contributed by atoms with Crippen molar-refractivity contribution in [1.29, 1.82) is 0 Å². The lowest BCUT2D eigenvalue weighted by atomic mass is 9.94. The molecule has 1 aromatic rings. The Morgan fingerprint density at radius 2 is 2.00 bits per heavy atom. The predicted octanol–water partition coefficient (Wildman–Crippen LogP) is 1.68. The molecule has 1 aromatic carbocycles. The van der Waals surface area contributed by atoms with E-state index in [1.807, 2.05) is 18.4 Å². The molecule has 0 unspecified atom stereocenters. The molecule has 5 heteroatoms. The minimum Gasteiger partial charge on any atom is -0.388 e. The molecule has 1 amide bonds. The molecule has 0 saturated carbocycles. The lowest BCUT2D eigenvalue weighted by molar-refractivity contribution is -0.0605. The van der Waals surface area contributed by atoms with Crippen molar-refractivity contribution in [1.82, 2.24) is 5.32 Å². The zero-order valence-corrected chi connectivity index (χ0v) is 11.8. The molecule has 0 bridgehead atoms. The molecule has 2 N–H and O–H groups in total. The molecule has 0 atom stereocenters. The summed E-state index contributed by atoms with van der Waals surface area (Å²) in [6.07, 6.45) is 3.13. The van der Waals surface area contributed by atoms with E-state index in [1.165, 1.54) is 0 Å². The van der Waals surface area contributed by atoms with Crippen LogP contribution in [0.25, 0.3) is 0 Å². The van der Waals surface area contributed by atoms with Gasteiger partial charge in [-0.15, -0.1) is 11.8 Å². The van der Waals surface area contributed by atoms with Crippen LogP contribution < -0.4 is 5.32 Å². The van der Waals surface area contributed by atoms with Crippen LogP contribution >= 0.6 is 11.8 Å². The molecular weight excluding hydrogens is 262 g/mol. The summed E-state index contributed by atoms with van der Waals surface area (Å²) in [6.45, 7) is 1.38. The molecule has 0 aromatic heterocycles. The van der Waals surface area contributed by atoms with Crippen LogP contribution in [-0.2, 0) is 4.74 Å². The smallest absolute Gasteiger partial charge is 0.251 e. The molecule has 0 aliphatic carbocycles. The van der Waals surface area contributed by atoms with E-state index in [9.17, 15) is 9.90 Å². The van der Waals surface area contributed by atoms with Gasteiger partial charge in [-0.3, -0.25) is 4.79 Å². The maximum atomic E-state index is 12.0. The van der Waals surface area contributed by atoms with E-state index >= 15 is 0 Å². The van der Waals surface area contributed by atoms with Gasteiger partial charge in [0.1, 0.15) is 0 Å². The Hall–Kier alpha value is -1.04. The quantitative estimate of drug-likeness (QED) is 0.824. The van der Waals surface area contributed by atoms with Crippen LogP contribution in [0.2, 0.25) is 0 Å². The van der Waals surface area contributed by atoms with Gasteiger partial charge in [0.05, 0.1) is 5.60 Å². The molecule has 104 valence electrons. The van der Waals surface area contributed by atoms with Gasteiger partial charge in [0.15, 0.2) is 0 Å². The molecule has 1 aliphatic heterocycles. The van der Waals surface area contributed by atoms with Crippen molar-refractivity contribution in [3.05, 3.63) is 29.8 Å². The largest absolute Gasteiger partial charge is 0.388 e. The third kappa shape index (κ3) is 3.96. The van der Waals surface area contributed by atoms with Crippen molar-refractivity contribution in [3.63, 3.8) is 0 Å². The van der Waals surface area contributed by atoms with Crippen molar-refractivity contribution < 1.29 is 14.6 Å². The van der Waals surface area contributed by atoms with Gasteiger partial charge in [0, 0.05) is 43.1 Å². The van der Waals surface area contributed by atoms with Crippen molar-refractivity contribution in [2.75, 3.05) is 26.0 Å². The number of hydrogen-bond donors (Lipinski definition) is 2. The number of carbonyl (C=O) groups excluding carboxylic acids is 1. The van der Waals surface area contributed by atoms with Crippen LogP contribution in [0.3, 0.4) is 0 Å². The van der Waals surface area contributed by atoms with Gasteiger partial charge < -0.3 is 15.2 Å². The molecule has 1 aliphatic rings. The van der Waals surface area contributed by atoms with Gasteiger partial charge in [-0.1, -0.05) is 0 Å². The molecule has 1 heterocycles. The summed E-state index contributed by atoms with van der Waals surface area (Å²) in [7, 11) is 0. The summed E-state index contributed by atoms with van der Waals surface area (Å²) in [4.78, 5) is 13.1. The van der Waals surface area contributed by atoms with Crippen LogP contribution in [0.5, 0.6) is 0 Å². The molecular formula is C14H19NO3S. The lowest BCUT2D eigenvalue weighted by Gasteiger charge is -2.32. The summed E-state index contributed by atoms with van der Waals surface area (Å²) in [5.41, 5.74) is -0.207. The highest BCUT2D eigenvalue weighted by Gasteiger charge is 2.30. The van der Waals surface area contributed by atoms with E-state index in [4.69, 9.17) is 4.74 Å². The van der Waals surface area contributed by atoms with Gasteiger partial charge in [0.2, 0.25) is 0 Å². The van der Waals surface area contributed by atoms with E-state index in [2.05, 4.69) is 5.32 Å². The highest BCUT2D eigenvalue weighted by Crippen LogP contribution is 2.19. The first kappa shape index (κ1) is 14.4. The van der Waals surface area contributed by atoms with Crippen LogP contribution in [0, 0.1) is 0 Å². The summed E-state index contributed by atoms with van der Waals surface area (Å²) >= 11 is 1.64. The van der Waals surface area contributed by atoms with Gasteiger partial charge in [0.25, 0.3) is 5.91 Å². The summed E-state index contributed by atoms with van der Waals surface area (Å²) < 4.78 is 5.21. The second-order valence-electron chi connectivity index (χ2n) is 4.75. The average Bonchev–Trinajstić information content (AvgIpc) is 2.46. The lowest BCUT2D eigenvalue weighted by Crippen LogP contribution is -2.46. The summed E-state index contributed by atoms with van der Waals surface area (Å²) in [5.74, 6) is -0.146. The Morgan fingerprint density at radius 1 is 1.37 bits per heavy atom. The van der Waals surface area contributed by atoms with Crippen molar-refractivity contribution in [2.45, 2.75) is 23.3 Å². The van der Waals surface area contributed by atoms with E-state index in [1.54, 1.807) is 23.9 Å². The van der Waals surface area contributed by atoms with E-state index in [-0.39, 0.29) is 12.5 Å². The van der Waals surface area contributed by atoms with Gasteiger partial charge in [-0.05, 0) is 30.5 Å². The van der Waals surface area contributed by atoms with Crippen LogP contribution in [0.1, 0.15) is 23.2 Å². The molecule has 0 spiro atoms. The van der Waals surface area contributed by atoms with Crippen molar-refractivity contribution in [2.24, 2.45) is 0 Å². The Balaban J connectivity index is 1.89. The Labute approximate surface area is 117 Å². The fraction of sp³-hybridized carbons (Fsp3) is 0.500. The standard InChI is InChI=1S/C14H19NO3S/c1-19-12-4-2-11(3-5-12)13(16)15-10-14(17)6-8-18-9-7-14/h2-5,17H,6-10H2,1H3,(H,15,16). The minimum atomic E-state index is -0.826. The van der Waals surface area contributed by atoms with E-state index in [0.29, 0.717) is 31.6 Å². The van der Waals surface area contributed by atoms with Crippen LogP contribution in [-0.4, -0.2) is 42.6 Å². The highest BCUT2D eigenvalue weighted by molar-refractivity contribution is 7.98. The molecule has 1 saturated heterocycles. The topological polar surface area (TPSA) is 58.6 Å². The fourth-order valence-corrected chi connectivity index (χ4v) is 2.43. The molecule has 19 heavy (non-hydrogen) atoms. The monoisotopic (exact) mass is 281 g/mol. The highest BCUT2D eigenvalue weighted by atomic mass is 32.2. The summed E-state index contributed by atoms with van der Waals surface area (Å²) in [5, 5.41) is 13.0. The van der Waals surface area contributed by atoms with Crippen LogP contribution in [0.15, 0.2) is 29.2 Å². The number of aliphatic hydroxyl groups is 1. The van der Waals surface area contributed by atoms with Crippen molar-refractivity contribution in [3.8, 4) is 0 Å². The first-order chi connectivity index (χ1) is 9.13. The first-order valence-corrected chi connectivity index (χ1v) is 7.58. The number of carbonyl (C=O) groups is 1. The molecule has 1 fully saturated rings. The third-order valence-corrected chi connectivity index (χ3v) is 4.10. The zero-order valence-electron chi connectivity index (χ0n) is 11.0. The Morgan fingerprint density at radius 3 is 2.58 bits per heavy atom. The van der Waals surface area contributed by atoms with E-state index in [0.717, 1.165) is 4.90 Å². The Bertz CT molecular complexity index is 427. The number of ether oxygens (including phenoxy) is 1. The number of nitrogens with one attached hydrogen (secondary N) is 1. The normalized spacial score (nSPS) is 18.0. The SMILES string of the molecule is CSc1ccc(C(=O)NCC2(O)CCOCC2)cc1. The molecule has 0 radical (unpaired) electrons. The third-order valence-electron chi connectivity index (χ3n) is 3.35. The summed E-state index contributed by atoms with van der Waals surface area (Å²) in [6, 6.07) is 7.44. The van der Waals surface area contributed by atoms with Gasteiger partial charge in [-0.2, -0.15) is 0 Å². The number of thioether (sulfide) groups is 1. The maximum absolute atomic E-state index is 12.0. The van der Waals surface area contributed by atoms with Gasteiger partial charge in [-0.25, -0.2) is 0 Å². The maximum Gasteiger partial charge on any atom is 0.251 e. The number of benzene rings is 1. The fourth-order valence-electron chi connectivity index (χ4n) is 2.02. The van der Waals surface area contributed by atoms with Crippen LogP contribution in [0.4, 0.5) is 0 Å².